The number of alkyl halides is 1. The number of amides is 1. The Morgan fingerprint density at radius 2 is 2.10 bits per heavy atom. The molecule has 1 heterocycles. The van der Waals surface area contributed by atoms with Crippen molar-refractivity contribution in [3.63, 3.8) is 0 Å². The first-order valence-corrected chi connectivity index (χ1v) is 7.46. The lowest BCUT2D eigenvalue weighted by atomic mass is 10.1. The second-order valence-electron chi connectivity index (χ2n) is 4.54. The van der Waals surface area contributed by atoms with Gasteiger partial charge in [-0.25, -0.2) is 0 Å². The molecule has 0 saturated carbocycles. The quantitative estimate of drug-likeness (QED) is 0.476. The van der Waals surface area contributed by atoms with Crippen LogP contribution in [0, 0.1) is 10.1 Å². The number of benzene rings is 1. The first kappa shape index (κ1) is 15.2. The van der Waals surface area contributed by atoms with E-state index in [-0.39, 0.29) is 23.3 Å². The molecule has 7 heteroatoms. The van der Waals surface area contributed by atoms with Crippen LogP contribution in [0.1, 0.15) is 16.1 Å². The molecule has 0 radical (unpaired) electrons. The zero-order valence-electron chi connectivity index (χ0n) is 11.1. The number of hydrogen-bond acceptors (Lipinski definition) is 3. The first-order chi connectivity index (χ1) is 10.1. The molecule has 2 aromatic rings. The predicted molar refractivity (Wildman–Crippen MR) is 82.6 cm³/mol. The van der Waals surface area contributed by atoms with Gasteiger partial charge in [0.25, 0.3) is 11.6 Å². The van der Waals surface area contributed by atoms with E-state index in [0.29, 0.717) is 11.8 Å². The second-order valence-corrected chi connectivity index (χ2v) is 5.19. The van der Waals surface area contributed by atoms with Gasteiger partial charge in [-0.05, 0) is 12.0 Å². The number of halogens is 1. The van der Waals surface area contributed by atoms with Crippen LogP contribution in [0.15, 0.2) is 42.6 Å². The molecule has 1 aromatic heterocycles. The van der Waals surface area contributed by atoms with E-state index in [0.717, 1.165) is 5.56 Å². The van der Waals surface area contributed by atoms with E-state index < -0.39 is 4.92 Å². The van der Waals surface area contributed by atoms with Crippen LogP contribution in [-0.2, 0) is 6.42 Å². The highest BCUT2D eigenvalue weighted by molar-refractivity contribution is 9.09. The summed E-state index contributed by atoms with van der Waals surface area (Å²) in [6, 6.07) is 10.9. The maximum Gasteiger partial charge on any atom is 0.287 e. The molecule has 0 fully saturated rings. The van der Waals surface area contributed by atoms with Gasteiger partial charge in [0.15, 0.2) is 0 Å². The summed E-state index contributed by atoms with van der Waals surface area (Å²) >= 11 is 3.37. The fourth-order valence-electron chi connectivity index (χ4n) is 1.93. The van der Waals surface area contributed by atoms with Gasteiger partial charge in [-0.2, -0.15) is 0 Å². The van der Waals surface area contributed by atoms with Crippen LogP contribution in [0.2, 0.25) is 0 Å². The third-order valence-electron chi connectivity index (χ3n) is 2.97. The van der Waals surface area contributed by atoms with Crippen LogP contribution in [-0.4, -0.2) is 27.2 Å². The molecule has 21 heavy (non-hydrogen) atoms. The maximum atomic E-state index is 12.1. The van der Waals surface area contributed by atoms with Crippen molar-refractivity contribution in [2.75, 3.05) is 5.33 Å². The average molecular weight is 352 g/mol. The van der Waals surface area contributed by atoms with E-state index in [1.807, 2.05) is 30.3 Å². The van der Waals surface area contributed by atoms with Crippen LogP contribution < -0.4 is 5.32 Å². The normalized spacial score (nSPS) is 11.9. The summed E-state index contributed by atoms with van der Waals surface area (Å²) in [6.45, 7) is 0. The highest BCUT2D eigenvalue weighted by atomic mass is 79.9. The Kier molecular flexibility index (Phi) is 5.10. The number of nitrogens with one attached hydrogen (secondary N) is 2. The van der Waals surface area contributed by atoms with Gasteiger partial charge < -0.3 is 10.3 Å². The fourth-order valence-corrected chi connectivity index (χ4v) is 2.32. The summed E-state index contributed by atoms with van der Waals surface area (Å²) in [5.41, 5.74) is 1.17. The lowest BCUT2D eigenvalue weighted by Gasteiger charge is -2.15. The summed E-state index contributed by atoms with van der Waals surface area (Å²) in [6.07, 6.45) is 1.88. The van der Waals surface area contributed by atoms with E-state index in [1.165, 1.54) is 12.3 Å². The van der Waals surface area contributed by atoms with Crippen LogP contribution in [0.5, 0.6) is 0 Å². The fraction of sp³-hybridized carbons (Fsp3) is 0.214. The van der Waals surface area contributed by atoms with E-state index in [2.05, 4.69) is 26.2 Å². The SMILES string of the molecule is O=C(NC(CBr)Cc1ccccc1)c1cc([N+](=O)[O-])c[nH]1. The molecule has 0 aliphatic heterocycles. The zero-order chi connectivity index (χ0) is 15.2. The van der Waals surface area contributed by atoms with Gasteiger partial charge in [-0.1, -0.05) is 46.3 Å². The van der Waals surface area contributed by atoms with Gasteiger partial charge in [0.2, 0.25) is 0 Å². The van der Waals surface area contributed by atoms with E-state index in [1.54, 1.807) is 0 Å². The number of nitrogens with zero attached hydrogens (tertiary/aromatic N) is 1. The minimum atomic E-state index is -0.542. The lowest BCUT2D eigenvalue weighted by molar-refractivity contribution is -0.384. The topological polar surface area (TPSA) is 88.0 Å². The van der Waals surface area contributed by atoms with Crippen molar-refractivity contribution in [3.05, 3.63) is 64.0 Å². The molecule has 0 aliphatic rings. The summed E-state index contributed by atoms with van der Waals surface area (Å²) in [4.78, 5) is 24.7. The first-order valence-electron chi connectivity index (χ1n) is 6.33. The van der Waals surface area contributed by atoms with Crippen LogP contribution in [0.4, 0.5) is 5.69 Å². The Hall–Kier alpha value is -2.15. The number of hydrogen-bond donors (Lipinski definition) is 2. The molecule has 0 aliphatic carbocycles. The molecule has 2 N–H and O–H groups in total. The Morgan fingerprint density at radius 3 is 2.67 bits per heavy atom. The van der Waals surface area contributed by atoms with Crippen molar-refractivity contribution in [1.29, 1.82) is 0 Å². The largest absolute Gasteiger partial charge is 0.351 e. The third-order valence-corrected chi connectivity index (χ3v) is 3.75. The summed E-state index contributed by atoms with van der Waals surface area (Å²) in [5.74, 6) is -0.358. The molecule has 1 aromatic carbocycles. The molecule has 0 saturated heterocycles. The van der Waals surface area contributed by atoms with Crippen LogP contribution in [0.25, 0.3) is 0 Å². The minimum absolute atomic E-state index is 0.0951. The molecule has 0 bridgehead atoms. The van der Waals surface area contributed by atoms with Crippen LogP contribution in [0.3, 0.4) is 0 Å². The van der Waals surface area contributed by atoms with Gasteiger partial charge in [-0.3, -0.25) is 14.9 Å². The minimum Gasteiger partial charge on any atom is -0.351 e. The molecule has 110 valence electrons. The van der Waals surface area contributed by atoms with Gasteiger partial charge in [0.05, 0.1) is 11.1 Å². The Morgan fingerprint density at radius 1 is 1.38 bits per heavy atom. The number of aromatic nitrogens is 1. The van der Waals surface area contributed by atoms with Gasteiger partial charge in [0, 0.05) is 17.4 Å². The maximum absolute atomic E-state index is 12.1. The molecular weight excluding hydrogens is 338 g/mol. The Bertz CT molecular complexity index is 627. The van der Waals surface area contributed by atoms with Gasteiger partial charge in [0.1, 0.15) is 5.69 Å². The lowest BCUT2D eigenvalue weighted by Crippen LogP contribution is -2.37. The monoisotopic (exact) mass is 351 g/mol. The van der Waals surface area contributed by atoms with Gasteiger partial charge in [-0.15, -0.1) is 0 Å². The second kappa shape index (κ2) is 7.03. The predicted octanol–water partition coefficient (Wildman–Crippen LogP) is 2.66. The summed E-state index contributed by atoms with van der Waals surface area (Å²) in [7, 11) is 0. The highest BCUT2D eigenvalue weighted by Gasteiger charge is 2.17. The number of nitro groups is 1. The molecular formula is C14H14BrN3O3. The average Bonchev–Trinajstić information content (AvgIpc) is 2.97. The number of rotatable bonds is 6. The number of H-pyrrole nitrogens is 1. The summed E-state index contributed by atoms with van der Waals surface area (Å²) in [5, 5.41) is 14.0. The van der Waals surface area contributed by atoms with Crippen molar-refractivity contribution >= 4 is 27.5 Å². The van der Waals surface area contributed by atoms with E-state index in [9.17, 15) is 14.9 Å². The van der Waals surface area contributed by atoms with Gasteiger partial charge >= 0.3 is 0 Å². The molecule has 1 atom stereocenters. The van der Waals surface area contributed by atoms with E-state index in [4.69, 9.17) is 0 Å². The molecule has 1 unspecified atom stereocenters. The number of carbonyl (C=O) groups excluding carboxylic acids is 1. The molecule has 1 amide bonds. The van der Waals surface area contributed by atoms with Crippen molar-refractivity contribution in [1.82, 2.24) is 10.3 Å². The van der Waals surface area contributed by atoms with Crippen molar-refractivity contribution in [2.45, 2.75) is 12.5 Å². The summed E-state index contributed by atoms with van der Waals surface area (Å²) < 4.78 is 0. The standard InChI is InChI=1S/C14H14BrN3O3/c15-8-11(6-10-4-2-1-3-5-10)17-14(19)13-7-12(9-16-13)18(20)21/h1-5,7,9,11,16H,6,8H2,(H,17,19). The molecule has 0 spiro atoms. The van der Waals surface area contributed by atoms with Crippen molar-refractivity contribution in [2.24, 2.45) is 0 Å². The number of carbonyl (C=O) groups is 1. The van der Waals surface area contributed by atoms with E-state index >= 15 is 0 Å². The Balaban J connectivity index is 2.00. The third kappa shape index (κ3) is 4.16. The van der Waals surface area contributed by atoms with Crippen molar-refractivity contribution < 1.29 is 9.72 Å². The number of aromatic amines is 1. The Labute approximate surface area is 129 Å². The smallest absolute Gasteiger partial charge is 0.287 e. The zero-order valence-corrected chi connectivity index (χ0v) is 12.7. The molecule has 6 nitrogen and oxygen atoms in total. The van der Waals surface area contributed by atoms with Crippen molar-refractivity contribution in [3.8, 4) is 0 Å². The molecule has 2 rings (SSSR count). The van der Waals surface area contributed by atoms with Crippen LogP contribution >= 0.6 is 15.9 Å². The highest BCUT2D eigenvalue weighted by Crippen LogP contribution is 2.13.